The molecule has 0 saturated heterocycles. The van der Waals surface area contributed by atoms with Crippen molar-refractivity contribution < 1.29 is 18.3 Å². The van der Waals surface area contributed by atoms with Crippen molar-refractivity contribution in [2.45, 2.75) is 13.2 Å². The van der Waals surface area contributed by atoms with Crippen molar-refractivity contribution in [3.63, 3.8) is 0 Å². The minimum atomic E-state index is -0.543. The van der Waals surface area contributed by atoms with Gasteiger partial charge >= 0.3 is 0 Å². The second-order valence-electron chi connectivity index (χ2n) is 8.32. The summed E-state index contributed by atoms with van der Waals surface area (Å²) in [6.45, 7) is 3.72. The molecule has 0 radical (unpaired) electrons. The smallest absolute Gasteiger partial charge is 0.247 e. The summed E-state index contributed by atoms with van der Waals surface area (Å²) in [6, 6.07) is 13.9. The van der Waals surface area contributed by atoms with Crippen molar-refractivity contribution in [2.24, 2.45) is 0 Å². The van der Waals surface area contributed by atoms with Crippen molar-refractivity contribution in [3.05, 3.63) is 108 Å². The van der Waals surface area contributed by atoms with Gasteiger partial charge < -0.3 is 15.4 Å². The lowest BCUT2D eigenvalue weighted by atomic mass is 10.1. The molecule has 2 N–H and O–H groups in total. The van der Waals surface area contributed by atoms with Crippen LogP contribution in [0.25, 0.3) is 10.9 Å². The first-order chi connectivity index (χ1) is 18.9. The molecular weight excluding hydrogens is 528 g/mol. The van der Waals surface area contributed by atoms with E-state index in [1.807, 2.05) is 0 Å². The van der Waals surface area contributed by atoms with E-state index < -0.39 is 11.7 Å². The van der Waals surface area contributed by atoms with Gasteiger partial charge in [-0.05, 0) is 36.4 Å². The van der Waals surface area contributed by atoms with E-state index in [9.17, 15) is 13.6 Å². The van der Waals surface area contributed by atoms with Gasteiger partial charge in [0.1, 0.15) is 41.8 Å². The highest BCUT2D eigenvalue weighted by Gasteiger charge is 2.15. The lowest BCUT2D eigenvalue weighted by Gasteiger charge is -2.14. The fraction of sp³-hybridized carbons (Fsp3) is 0.0741. The number of nitrogens with one attached hydrogen (secondary N) is 2. The Morgan fingerprint density at radius 2 is 1.95 bits per heavy atom. The number of anilines is 3. The quantitative estimate of drug-likeness (QED) is 0.230. The Labute approximate surface area is 226 Å². The molecule has 0 aliphatic carbocycles. The Morgan fingerprint density at radius 1 is 1.10 bits per heavy atom. The van der Waals surface area contributed by atoms with Gasteiger partial charge in [-0.3, -0.25) is 4.79 Å². The summed E-state index contributed by atoms with van der Waals surface area (Å²) in [5.74, 6) is -0.608. The van der Waals surface area contributed by atoms with Crippen LogP contribution >= 0.6 is 11.6 Å². The summed E-state index contributed by atoms with van der Waals surface area (Å²) >= 11 is 5.90. The molecule has 0 unspecified atom stereocenters. The van der Waals surface area contributed by atoms with Gasteiger partial charge in [0.15, 0.2) is 0 Å². The van der Waals surface area contributed by atoms with Gasteiger partial charge in [0, 0.05) is 22.7 Å². The van der Waals surface area contributed by atoms with E-state index in [1.54, 1.807) is 36.5 Å². The molecule has 0 aliphatic rings. The van der Waals surface area contributed by atoms with E-state index in [4.69, 9.17) is 16.3 Å². The van der Waals surface area contributed by atoms with Crippen LogP contribution in [0, 0.1) is 11.6 Å². The van der Waals surface area contributed by atoms with Gasteiger partial charge in [0.25, 0.3) is 0 Å². The van der Waals surface area contributed by atoms with Crippen molar-refractivity contribution in [3.8, 4) is 5.75 Å². The molecule has 2 aromatic heterocycles. The number of hydrogen-bond donors (Lipinski definition) is 2. The lowest BCUT2D eigenvalue weighted by molar-refractivity contribution is -0.111. The van der Waals surface area contributed by atoms with E-state index >= 15 is 0 Å². The molecule has 39 heavy (non-hydrogen) atoms. The Kier molecular flexibility index (Phi) is 7.41. The second kappa shape index (κ2) is 11.2. The molecule has 0 spiro atoms. The number of halogens is 3. The molecule has 1 amide bonds. The topological polar surface area (TPSA) is 107 Å². The molecule has 0 fully saturated rings. The fourth-order valence-electron chi connectivity index (χ4n) is 3.73. The Hall–Kier alpha value is -4.90. The first-order valence-electron chi connectivity index (χ1n) is 11.6. The summed E-state index contributed by atoms with van der Waals surface area (Å²) in [5.41, 5.74) is 2.32. The Balaban J connectivity index is 1.40. The predicted molar refractivity (Wildman–Crippen MR) is 143 cm³/mol. The molecule has 196 valence electrons. The van der Waals surface area contributed by atoms with Gasteiger partial charge in [-0.25, -0.2) is 23.4 Å². The van der Waals surface area contributed by atoms with Crippen LogP contribution in [0.2, 0.25) is 5.02 Å². The number of nitrogens with zero attached hydrogens (tertiary/aromatic N) is 5. The molecule has 2 heterocycles. The molecule has 9 nitrogen and oxygen atoms in total. The van der Waals surface area contributed by atoms with E-state index in [1.165, 1.54) is 35.3 Å². The number of amides is 1. The highest BCUT2D eigenvalue weighted by atomic mass is 35.5. The fourth-order valence-corrected chi connectivity index (χ4v) is 3.91. The molecule has 12 heteroatoms. The SMILES string of the molecule is C=CC(=O)Nc1cc2c(Nc3ccc(F)c(Cl)c3)ncnc2cc1OCc1cn(Cc2ccccc2F)nn1. The van der Waals surface area contributed by atoms with E-state index in [2.05, 4.69) is 37.5 Å². The van der Waals surface area contributed by atoms with Crippen LogP contribution < -0.4 is 15.4 Å². The van der Waals surface area contributed by atoms with Crippen LogP contribution in [0.4, 0.5) is 26.0 Å². The van der Waals surface area contributed by atoms with Crippen LogP contribution in [0.15, 0.2) is 79.8 Å². The highest BCUT2D eigenvalue weighted by Crippen LogP contribution is 2.34. The zero-order valence-corrected chi connectivity index (χ0v) is 21.0. The van der Waals surface area contributed by atoms with E-state index in [0.29, 0.717) is 45.1 Å². The summed E-state index contributed by atoms with van der Waals surface area (Å²) in [4.78, 5) is 20.7. The van der Waals surface area contributed by atoms with Crippen LogP contribution in [0.5, 0.6) is 5.75 Å². The van der Waals surface area contributed by atoms with Crippen LogP contribution in [-0.2, 0) is 17.9 Å². The molecule has 0 bridgehead atoms. The van der Waals surface area contributed by atoms with E-state index in [0.717, 1.165) is 6.08 Å². The van der Waals surface area contributed by atoms with Crippen LogP contribution in [-0.4, -0.2) is 30.9 Å². The third kappa shape index (κ3) is 5.99. The maximum absolute atomic E-state index is 14.0. The Bertz CT molecular complexity index is 1690. The molecule has 0 atom stereocenters. The lowest BCUT2D eigenvalue weighted by Crippen LogP contribution is -2.10. The normalized spacial score (nSPS) is 10.8. The van der Waals surface area contributed by atoms with Gasteiger partial charge in [-0.2, -0.15) is 0 Å². The van der Waals surface area contributed by atoms with Gasteiger partial charge in [-0.1, -0.05) is 41.6 Å². The van der Waals surface area contributed by atoms with Crippen molar-refractivity contribution in [2.75, 3.05) is 10.6 Å². The first-order valence-corrected chi connectivity index (χ1v) is 12.0. The van der Waals surface area contributed by atoms with Gasteiger partial charge in [0.2, 0.25) is 5.91 Å². The average Bonchev–Trinajstić information content (AvgIpc) is 3.38. The van der Waals surface area contributed by atoms with Crippen LogP contribution in [0.1, 0.15) is 11.3 Å². The third-order valence-electron chi connectivity index (χ3n) is 5.61. The summed E-state index contributed by atoms with van der Waals surface area (Å²) in [6.07, 6.45) is 4.13. The molecule has 0 aliphatic heterocycles. The number of hydrogen-bond acceptors (Lipinski definition) is 7. The molecule has 5 aromatic rings. The monoisotopic (exact) mass is 547 g/mol. The largest absolute Gasteiger partial charge is 0.485 e. The molecule has 5 rings (SSSR count). The predicted octanol–water partition coefficient (Wildman–Crippen LogP) is 5.65. The minimum Gasteiger partial charge on any atom is -0.485 e. The number of fused-ring (bicyclic) bond motifs is 1. The number of rotatable bonds is 9. The Morgan fingerprint density at radius 3 is 2.74 bits per heavy atom. The van der Waals surface area contributed by atoms with Gasteiger partial charge in [0.05, 0.1) is 29.0 Å². The highest BCUT2D eigenvalue weighted by molar-refractivity contribution is 6.31. The molecule has 3 aromatic carbocycles. The number of aromatic nitrogens is 5. The van der Waals surface area contributed by atoms with Gasteiger partial charge in [-0.15, -0.1) is 5.10 Å². The maximum Gasteiger partial charge on any atom is 0.247 e. The van der Waals surface area contributed by atoms with Crippen molar-refractivity contribution in [1.29, 1.82) is 0 Å². The molecule has 0 saturated carbocycles. The third-order valence-corrected chi connectivity index (χ3v) is 5.90. The molecular formula is C27H20ClF2N7O2. The standard InChI is InChI=1S/C27H20ClF2N7O2/c1-2-26(38)34-24-10-19-23(31-15-32-27(19)33-17-7-8-22(30)20(28)9-17)11-25(24)39-14-18-13-37(36-35-18)12-16-5-3-4-6-21(16)29/h2-11,13,15H,1,12,14H2,(H,34,38)(H,31,32,33). The zero-order valence-electron chi connectivity index (χ0n) is 20.2. The van der Waals surface area contributed by atoms with E-state index in [-0.39, 0.29) is 24.0 Å². The maximum atomic E-state index is 14.0. The number of benzene rings is 3. The summed E-state index contributed by atoms with van der Waals surface area (Å²) in [7, 11) is 0. The zero-order chi connectivity index (χ0) is 27.4. The number of carbonyl (C=O) groups is 1. The van der Waals surface area contributed by atoms with Crippen LogP contribution in [0.3, 0.4) is 0 Å². The minimum absolute atomic E-state index is 0.0179. The number of carbonyl (C=O) groups excluding carboxylic acids is 1. The average molecular weight is 548 g/mol. The second-order valence-corrected chi connectivity index (χ2v) is 8.73. The first kappa shape index (κ1) is 25.7. The van der Waals surface area contributed by atoms with Crippen molar-refractivity contribution >= 4 is 45.6 Å². The summed E-state index contributed by atoms with van der Waals surface area (Å²) in [5, 5.41) is 14.5. The van der Waals surface area contributed by atoms with Crippen molar-refractivity contribution in [1.82, 2.24) is 25.0 Å². The number of ether oxygens (including phenoxy) is 1. The summed E-state index contributed by atoms with van der Waals surface area (Å²) < 4.78 is 35.0.